The SMILES string of the molecule is OCCC#Cc1ccccc1COc1c(F)cccc1F. The third-order valence-electron chi connectivity index (χ3n) is 2.77. The molecule has 21 heavy (non-hydrogen) atoms. The lowest BCUT2D eigenvalue weighted by molar-refractivity contribution is 0.274. The van der Waals surface area contributed by atoms with Crippen molar-refractivity contribution in [2.45, 2.75) is 13.0 Å². The Kier molecular flexibility index (Phi) is 5.30. The molecule has 0 saturated heterocycles. The van der Waals surface area contributed by atoms with Gasteiger partial charge < -0.3 is 9.84 Å². The second-order valence-electron chi connectivity index (χ2n) is 4.27. The summed E-state index contributed by atoms with van der Waals surface area (Å²) in [7, 11) is 0. The van der Waals surface area contributed by atoms with Crippen molar-refractivity contribution in [3.8, 4) is 17.6 Å². The molecule has 0 amide bonds. The van der Waals surface area contributed by atoms with Gasteiger partial charge in [0.2, 0.25) is 0 Å². The molecule has 0 aromatic heterocycles. The minimum Gasteiger partial charge on any atom is -0.483 e. The fraction of sp³-hybridized carbons (Fsp3) is 0.176. The minimum atomic E-state index is -0.737. The van der Waals surface area contributed by atoms with E-state index >= 15 is 0 Å². The highest BCUT2D eigenvalue weighted by molar-refractivity contribution is 5.41. The Balaban J connectivity index is 2.16. The van der Waals surface area contributed by atoms with E-state index in [1.165, 1.54) is 6.07 Å². The van der Waals surface area contributed by atoms with E-state index in [0.29, 0.717) is 12.0 Å². The van der Waals surface area contributed by atoms with E-state index in [1.54, 1.807) is 18.2 Å². The van der Waals surface area contributed by atoms with Crippen molar-refractivity contribution < 1.29 is 18.6 Å². The molecule has 108 valence electrons. The van der Waals surface area contributed by atoms with Crippen molar-refractivity contribution in [1.29, 1.82) is 0 Å². The molecule has 0 aliphatic carbocycles. The molecule has 0 aliphatic rings. The van der Waals surface area contributed by atoms with E-state index in [9.17, 15) is 8.78 Å². The summed E-state index contributed by atoms with van der Waals surface area (Å²) in [5, 5.41) is 8.72. The standard InChI is InChI=1S/C17H14F2O2/c18-15-9-5-10-16(19)17(15)21-12-14-8-2-1-6-13(14)7-3-4-11-20/h1-2,5-6,8-10,20H,4,11-12H2. The normalized spacial score (nSPS) is 9.86. The number of ether oxygens (including phenoxy) is 1. The molecule has 0 spiro atoms. The van der Waals surface area contributed by atoms with Crippen LogP contribution >= 0.6 is 0 Å². The Hall–Kier alpha value is -2.38. The van der Waals surface area contributed by atoms with Crippen LogP contribution in [-0.2, 0) is 6.61 Å². The summed E-state index contributed by atoms with van der Waals surface area (Å²) in [6, 6.07) is 10.8. The Morgan fingerprint density at radius 3 is 2.43 bits per heavy atom. The van der Waals surface area contributed by atoms with Crippen LogP contribution in [-0.4, -0.2) is 11.7 Å². The molecule has 0 heterocycles. The summed E-state index contributed by atoms with van der Waals surface area (Å²) < 4.78 is 32.2. The molecule has 0 saturated carbocycles. The second-order valence-corrected chi connectivity index (χ2v) is 4.27. The Bertz CT molecular complexity index is 652. The zero-order valence-electron chi connectivity index (χ0n) is 11.3. The number of benzene rings is 2. The number of para-hydroxylation sites is 1. The predicted molar refractivity (Wildman–Crippen MR) is 75.7 cm³/mol. The van der Waals surface area contributed by atoms with Crippen molar-refractivity contribution in [1.82, 2.24) is 0 Å². The van der Waals surface area contributed by atoms with E-state index < -0.39 is 17.4 Å². The lowest BCUT2D eigenvalue weighted by Gasteiger charge is -2.09. The Morgan fingerprint density at radius 2 is 1.71 bits per heavy atom. The van der Waals surface area contributed by atoms with Crippen LogP contribution in [0.4, 0.5) is 8.78 Å². The van der Waals surface area contributed by atoms with Crippen molar-refractivity contribution >= 4 is 0 Å². The molecule has 0 unspecified atom stereocenters. The number of rotatable bonds is 4. The monoisotopic (exact) mass is 288 g/mol. The van der Waals surface area contributed by atoms with Gasteiger partial charge in [0, 0.05) is 17.5 Å². The van der Waals surface area contributed by atoms with Gasteiger partial charge in [-0.1, -0.05) is 36.1 Å². The summed E-state index contributed by atoms with van der Waals surface area (Å²) in [5.41, 5.74) is 1.44. The van der Waals surface area contributed by atoms with E-state index in [4.69, 9.17) is 9.84 Å². The van der Waals surface area contributed by atoms with Crippen LogP contribution in [0.1, 0.15) is 17.5 Å². The average molecular weight is 288 g/mol. The third kappa shape index (κ3) is 4.04. The molecular formula is C17H14F2O2. The van der Waals surface area contributed by atoms with Crippen LogP contribution in [0.3, 0.4) is 0 Å². The molecule has 0 radical (unpaired) electrons. The summed E-state index contributed by atoms with van der Waals surface area (Å²) >= 11 is 0. The van der Waals surface area contributed by atoms with Crippen LogP contribution < -0.4 is 4.74 Å². The first-order valence-corrected chi connectivity index (χ1v) is 6.47. The zero-order chi connectivity index (χ0) is 15.1. The minimum absolute atomic E-state index is 0.00783. The molecule has 2 aromatic carbocycles. The van der Waals surface area contributed by atoms with Gasteiger partial charge in [0.05, 0.1) is 6.61 Å². The number of aliphatic hydroxyl groups excluding tert-OH is 1. The molecule has 2 nitrogen and oxygen atoms in total. The van der Waals surface area contributed by atoms with Gasteiger partial charge >= 0.3 is 0 Å². The van der Waals surface area contributed by atoms with Crippen LogP contribution in [0.2, 0.25) is 0 Å². The van der Waals surface area contributed by atoms with E-state index in [-0.39, 0.29) is 13.2 Å². The first kappa shape index (κ1) is 15.0. The summed E-state index contributed by atoms with van der Waals surface area (Å²) in [4.78, 5) is 0. The summed E-state index contributed by atoms with van der Waals surface area (Å²) in [6.07, 6.45) is 0.372. The fourth-order valence-corrected chi connectivity index (χ4v) is 1.75. The van der Waals surface area contributed by atoms with Crippen molar-refractivity contribution in [2.75, 3.05) is 6.61 Å². The van der Waals surface area contributed by atoms with Crippen molar-refractivity contribution in [2.24, 2.45) is 0 Å². The maximum absolute atomic E-state index is 13.5. The summed E-state index contributed by atoms with van der Waals surface area (Å²) in [6.45, 7) is 0.00787. The highest BCUT2D eigenvalue weighted by Crippen LogP contribution is 2.22. The molecular weight excluding hydrogens is 274 g/mol. The van der Waals surface area contributed by atoms with Crippen LogP contribution in [0.25, 0.3) is 0 Å². The molecule has 2 aromatic rings. The fourth-order valence-electron chi connectivity index (χ4n) is 1.75. The maximum Gasteiger partial charge on any atom is 0.191 e. The van der Waals surface area contributed by atoms with Crippen molar-refractivity contribution in [3.05, 3.63) is 65.2 Å². The van der Waals surface area contributed by atoms with Gasteiger partial charge in [0.15, 0.2) is 17.4 Å². The predicted octanol–water partition coefficient (Wildman–Crippen LogP) is 3.28. The van der Waals surface area contributed by atoms with Gasteiger partial charge in [-0.25, -0.2) is 8.78 Å². The summed E-state index contributed by atoms with van der Waals surface area (Å²) in [5.74, 6) is 3.84. The van der Waals surface area contributed by atoms with Gasteiger partial charge in [-0.05, 0) is 18.2 Å². The van der Waals surface area contributed by atoms with Crippen molar-refractivity contribution in [3.63, 3.8) is 0 Å². The number of aliphatic hydroxyl groups is 1. The van der Waals surface area contributed by atoms with Crippen LogP contribution in [0, 0.1) is 23.5 Å². The maximum atomic E-state index is 13.5. The van der Waals surface area contributed by atoms with Gasteiger partial charge in [-0.15, -0.1) is 0 Å². The third-order valence-corrected chi connectivity index (χ3v) is 2.77. The highest BCUT2D eigenvalue weighted by Gasteiger charge is 2.10. The van der Waals surface area contributed by atoms with Gasteiger partial charge in [-0.3, -0.25) is 0 Å². The zero-order valence-corrected chi connectivity index (χ0v) is 11.3. The topological polar surface area (TPSA) is 29.5 Å². The molecule has 0 aliphatic heterocycles. The van der Waals surface area contributed by atoms with E-state index in [2.05, 4.69) is 11.8 Å². The molecule has 2 rings (SSSR count). The first-order chi connectivity index (χ1) is 10.2. The smallest absolute Gasteiger partial charge is 0.191 e. The quantitative estimate of drug-likeness (QED) is 0.875. The largest absolute Gasteiger partial charge is 0.483 e. The molecule has 1 N–H and O–H groups in total. The second kappa shape index (κ2) is 7.41. The molecule has 0 atom stereocenters. The Labute approximate surface area is 122 Å². The number of hydrogen-bond donors (Lipinski definition) is 1. The number of hydrogen-bond acceptors (Lipinski definition) is 2. The Morgan fingerprint density at radius 1 is 1.00 bits per heavy atom. The van der Waals surface area contributed by atoms with Gasteiger partial charge in [0.1, 0.15) is 6.61 Å². The van der Waals surface area contributed by atoms with Crippen LogP contribution in [0.5, 0.6) is 5.75 Å². The highest BCUT2D eigenvalue weighted by atomic mass is 19.1. The lowest BCUT2D eigenvalue weighted by Crippen LogP contribution is -2.01. The molecule has 0 fully saturated rings. The number of halogens is 2. The first-order valence-electron chi connectivity index (χ1n) is 6.47. The average Bonchev–Trinajstić information content (AvgIpc) is 2.48. The van der Waals surface area contributed by atoms with Gasteiger partial charge in [-0.2, -0.15) is 0 Å². The molecule has 0 bridgehead atoms. The van der Waals surface area contributed by atoms with Crippen LogP contribution in [0.15, 0.2) is 42.5 Å². The molecule has 4 heteroatoms. The lowest BCUT2D eigenvalue weighted by atomic mass is 10.1. The van der Waals surface area contributed by atoms with E-state index in [1.807, 2.05) is 6.07 Å². The van der Waals surface area contributed by atoms with E-state index in [0.717, 1.165) is 17.7 Å². The van der Waals surface area contributed by atoms with Gasteiger partial charge in [0.25, 0.3) is 0 Å².